The number of fused-ring (bicyclic) bond motifs is 5. The number of anilines is 6. The Morgan fingerprint density at radius 1 is 0.417 bits per heavy atom. The Bertz CT molecular complexity index is 2360. The Labute approximate surface area is 279 Å². The Morgan fingerprint density at radius 2 is 0.875 bits per heavy atom. The molecule has 1 aromatic heterocycles. The van der Waals surface area contributed by atoms with Crippen molar-refractivity contribution in [2.24, 2.45) is 0 Å². The van der Waals surface area contributed by atoms with Gasteiger partial charge in [-0.3, -0.25) is 4.57 Å². The van der Waals surface area contributed by atoms with Crippen LogP contribution in [0.5, 0.6) is 0 Å². The van der Waals surface area contributed by atoms with Gasteiger partial charge in [-0.15, -0.1) is 0 Å². The number of aromatic nitrogens is 2. The average Bonchev–Trinajstić information content (AvgIpc) is 3.55. The molecule has 224 valence electrons. The van der Waals surface area contributed by atoms with Gasteiger partial charge < -0.3 is 9.80 Å². The number of hydrogen-bond donors (Lipinski definition) is 0. The molecule has 10 rings (SSSR count). The molecular formula is C43H29BN4. The van der Waals surface area contributed by atoms with E-state index >= 15 is 0 Å². The van der Waals surface area contributed by atoms with Crippen molar-refractivity contribution in [1.29, 1.82) is 0 Å². The van der Waals surface area contributed by atoms with E-state index in [1.165, 1.54) is 39.1 Å². The molecular weight excluding hydrogens is 583 g/mol. The summed E-state index contributed by atoms with van der Waals surface area (Å²) in [6, 6.07) is 63.1. The summed E-state index contributed by atoms with van der Waals surface area (Å²) in [5, 5.41) is 0. The van der Waals surface area contributed by atoms with Gasteiger partial charge in [0.15, 0.2) is 0 Å². The predicted octanol–water partition coefficient (Wildman–Crippen LogP) is 8.78. The molecule has 0 amide bonds. The summed E-state index contributed by atoms with van der Waals surface area (Å²) in [5.41, 5.74) is 15.1. The maximum absolute atomic E-state index is 5.33. The van der Waals surface area contributed by atoms with Crippen LogP contribution in [0.3, 0.4) is 0 Å². The molecule has 0 saturated heterocycles. The van der Waals surface area contributed by atoms with Crippen LogP contribution in [-0.4, -0.2) is 16.3 Å². The SMILES string of the molecule is c1ccc(N2c3ccccc3B3c4ccccc4N(c4ccccc4)c4cc(-c5nc6ccccc6n5-c5ccccc5)cc2c43)cc1. The minimum absolute atomic E-state index is 0.0734. The summed E-state index contributed by atoms with van der Waals surface area (Å²) in [6.07, 6.45) is 0. The van der Waals surface area contributed by atoms with Crippen LogP contribution in [-0.2, 0) is 0 Å². The van der Waals surface area contributed by atoms with Crippen molar-refractivity contribution >= 4 is 68.3 Å². The Morgan fingerprint density at radius 3 is 1.44 bits per heavy atom. The first kappa shape index (κ1) is 26.8. The summed E-state index contributed by atoms with van der Waals surface area (Å²) in [7, 11) is 0. The van der Waals surface area contributed by atoms with Crippen molar-refractivity contribution < 1.29 is 0 Å². The molecule has 8 aromatic rings. The lowest BCUT2D eigenvalue weighted by Gasteiger charge is -2.44. The third-order valence-electron chi connectivity index (χ3n) is 9.75. The molecule has 2 aliphatic heterocycles. The van der Waals surface area contributed by atoms with E-state index in [2.05, 4.69) is 190 Å². The van der Waals surface area contributed by atoms with E-state index in [1.54, 1.807) is 0 Å². The molecule has 0 bridgehead atoms. The monoisotopic (exact) mass is 612 g/mol. The number of nitrogens with zero attached hydrogens (tertiary/aromatic N) is 4. The normalized spacial score (nSPS) is 12.9. The van der Waals surface area contributed by atoms with E-state index < -0.39 is 0 Å². The molecule has 0 atom stereocenters. The highest BCUT2D eigenvalue weighted by molar-refractivity contribution is 7.00. The second-order valence-electron chi connectivity index (χ2n) is 12.4. The zero-order valence-electron chi connectivity index (χ0n) is 26.1. The lowest BCUT2D eigenvalue weighted by atomic mass is 9.33. The fraction of sp³-hybridized carbons (Fsp3) is 0. The highest BCUT2D eigenvalue weighted by Gasteiger charge is 2.43. The molecule has 0 saturated carbocycles. The summed E-state index contributed by atoms with van der Waals surface area (Å²) < 4.78 is 2.30. The summed E-state index contributed by atoms with van der Waals surface area (Å²) in [6.45, 7) is 0.0734. The van der Waals surface area contributed by atoms with E-state index in [4.69, 9.17) is 4.98 Å². The number of rotatable bonds is 4. The second kappa shape index (κ2) is 10.6. The number of para-hydroxylation sites is 7. The second-order valence-corrected chi connectivity index (χ2v) is 12.4. The van der Waals surface area contributed by atoms with Gasteiger partial charge in [0.2, 0.25) is 0 Å². The lowest BCUT2D eigenvalue weighted by molar-refractivity contribution is 1.10. The maximum atomic E-state index is 5.33. The standard InChI is InChI=1S/C43H29BN4/c1-4-16-31(17-5-1)46-37-25-13-10-22-34(37)44-35-23-11-14-26-38(35)47(32-18-6-2-7-19-32)41-29-30(28-40(46)42(41)44)43-45-36-24-12-15-27-39(36)48(43)33-20-8-3-9-21-33/h1-29H. The molecule has 0 radical (unpaired) electrons. The highest BCUT2D eigenvalue weighted by atomic mass is 15.2. The number of imidazole rings is 1. The van der Waals surface area contributed by atoms with Gasteiger partial charge in [-0.1, -0.05) is 103 Å². The molecule has 0 unspecified atom stereocenters. The summed E-state index contributed by atoms with van der Waals surface area (Å²) in [4.78, 5) is 10.2. The van der Waals surface area contributed by atoms with Crippen LogP contribution < -0.4 is 26.2 Å². The van der Waals surface area contributed by atoms with Gasteiger partial charge in [0.1, 0.15) is 5.82 Å². The fourth-order valence-electron chi connectivity index (χ4n) is 7.79. The average molecular weight is 613 g/mol. The zero-order chi connectivity index (χ0) is 31.6. The summed E-state index contributed by atoms with van der Waals surface area (Å²) >= 11 is 0. The number of benzene rings is 7. The van der Waals surface area contributed by atoms with Gasteiger partial charge >= 0.3 is 0 Å². The van der Waals surface area contributed by atoms with Crippen LogP contribution in [0.4, 0.5) is 34.1 Å². The minimum atomic E-state index is 0.0734. The molecule has 0 fully saturated rings. The maximum Gasteiger partial charge on any atom is 0.252 e. The van der Waals surface area contributed by atoms with E-state index in [0.717, 1.165) is 39.5 Å². The van der Waals surface area contributed by atoms with Crippen LogP contribution in [0.1, 0.15) is 0 Å². The molecule has 5 heteroatoms. The fourth-order valence-corrected chi connectivity index (χ4v) is 7.79. The smallest absolute Gasteiger partial charge is 0.252 e. The van der Waals surface area contributed by atoms with E-state index in [9.17, 15) is 0 Å². The third kappa shape index (κ3) is 3.94. The van der Waals surface area contributed by atoms with Crippen molar-refractivity contribution in [2.75, 3.05) is 9.80 Å². The topological polar surface area (TPSA) is 24.3 Å². The van der Waals surface area contributed by atoms with Crippen molar-refractivity contribution in [1.82, 2.24) is 9.55 Å². The molecule has 0 aliphatic carbocycles. The van der Waals surface area contributed by atoms with Crippen LogP contribution in [0.15, 0.2) is 176 Å². The Balaban J connectivity index is 1.35. The minimum Gasteiger partial charge on any atom is -0.311 e. The number of hydrogen-bond acceptors (Lipinski definition) is 3. The van der Waals surface area contributed by atoms with Crippen LogP contribution in [0, 0.1) is 0 Å². The van der Waals surface area contributed by atoms with E-state index in [1.807, 2.05) is 0 Å². The zero-order valence-corrected chi connectivity index (χ0v) is 26.1. The first-order valence-electron chi connectivity index (χ1n) is 16.4. The van der Waals surface area contributed by atoms with Crippen molar-refractivity contribution in [2.45, 2.75) is 0 Å². The van der Waals surface area contributed by atoms with Gasteiger partial charge in [0.05, 0.1) is 11.0 Å². The van der Waals surface area contributed by atoms with Crippen molar-refractivity contribution in [3.8, 4) is 17.1 Å². The van der Waals surface area contributed by atoms with E-state index in [0.29, 0.717) is 0 Å². The highest BCUT2D eigenvalue weighted by Crippen LogP contribution is 2.46. The van der Waals surface area contributed by atoms with Gasteiger partial charge in [-0.2, -0.15) is 0 Å². The predicted molar refractivity (Wildman–Crippen MR) is 201 cm³/mol. The third-order valence-corrected chi connectivity index (χ3v) is 9.75. The van der Waals surface area contributed by atoms with Crippen molar-refractivity contribution in [3.63, 3.8) is 0 Å². The molecule has 3 heterocycles. The molecule has 48 heavy (non-hydrogen) atoms. The first-order chi connectivity index (χ1) is 23.8. The molecule has 0 N–H and O–H groups in total. The van der Waals surface area contributed by atoms with Crippen molar-refractivity contribution in [3.05, 3.63) is 176 Å². The first-order valence-corrected chi connectivity index (χ1v) is 16.4. The largest absolute Gasteiger partial charge is 0.311 e. The molecule has 2 aliphatic rings. The van der Waals surface area contributed by atoms with Gasteiger partial charge in [0.25, 0.3) is 6.71 Å². The molecule has 0 spiro atoms. The lowest BCUT2D eigenvalue weighted by Crippen LogP contribution is -2.61. The quantitative estimate of drug-likeness (QED) is 0.186. The van der Waals surface area contributed by atoms with Gasteiger partial charge in [-0.25, -0.2) is 4.98 Å². The van der Waals surface area contributed by atoms with Crippen LogP contribution in [0.2, 0.25) is 0 Å². The van der Waals surface area contributed by atoms with E-state index in [-0.39, 0.29) is 6.71 Å². The molecule has 7 aromatic carbocycles. The Hall–Kier alpha value is -6.33. The van der Waals surface area contributed by atoms with Gasteiger partial charge in [0, 0.05) is 45.4 Å². The Kier molecular flexibility index (Phi) is 5.94. The van der Waals surface area contributed by atoms with Gasteiger partial charge in [-0.05, 0) is 89.2 Å². The molecule has 4 nitrogen and oxygen atoms in total. The van der Waals surface area contributed by atoms with Crippen LogP contribution >= 0.6 is 0 Å². The summed E-state index contributed by atoms with van der Waals surface area (Å²) in [5.74, 6) is 0.914. The van der Waals surface area contributed by atoms with Crippen LogP contribution in [0.25, 0.3) is 28.1 Å².